The minimum absolute atomic E-state index is 0.0386. The van der Waals surface area contributed by atoms with Crippen molar-refractivity contribution in [2.24, 2.45) is 0 Å². The Kier molecular flexibility index (Phi) is 16.2. The molecule has 0 aliphatic rings. The van der Waals surface area contributed by atoms with Gasteiger partial charge in [-0.3, -0.25) is 19.3 Å². The second-order valence-corrected chi connectivity index (χ2v) is 10.1. The van der Waals surface area contributed by atoms with Gasteiger partial charge in [-0.25, -0.2) is 0 Å². The number of rotatable bonds is 20. The molecule has 0 heterocycles. The van der Waals surface area contributed by atoms with Crippen molar-refractivity contribution in [2.75, 3.05) is 61.7 Å². The summed E-state index contributed by atoms with van der Waals surface area (Å²) < 4.78 is 26.1. The van der Waals surface area contributed by atoms with Crippen LogP contribution >= 0.6 is 0 Å². The van der Waals surface area contributed by atoms with Crippen molar-refractivity contribution < 1.29 is 38.1 Å². The van der Waals surface area contributed by atoms with E-state index in [2.05, 4.69) is 10.6 Å². The molecule has 2 rings (SSSR count). The number of benzene rings is 2. The van der Waals surface area contributed by atoms with Crippen molar-refractivity contribution in [3.05, 3.63) is 53.6 Å². The average Bonchev–Trinajstić information content (AvgIpc) is 3.05. The van der Waals surface area contributed by atoms with E-state index in [-0.39, 0.29) is 17.8 Å². The molecule has 44 heavy (non-hydrogen) atoms. The number of carbonyl (C=O) groups excluding carboxylic acids is 3. The second kappa shape index (κ2) is 19.8. The fourth-order valence-corrected chi connectivity index (χ4v) is 4.55. The largest absolute Gasteiger partial charge is 0.493 e. The fourth-order valence-electron chi connectivity index (χ4n) is 4.55. The summed E-state index contributed by atoms with van der Waals surface area (Å²) in [5.74, 6) is 1.96. The first-order valence-corrected chi connectivity index (χ1v) is 14.7. The molecule has 0 saturated heterocycles. The fraction of sp³-hybridized carbons (Fsp3) is 0.485. The SMILES string of the molecule is COC(=O)[C@H](C)N(CCCCNC(=O)/C=C/c1ccc(OC)c(OC)c1)CCCNC(=O)CCc1ccc(OC)c(OC)c1. The standard InChI is InChI=1S/C33H47N3O8/c1-24(33(39)44-6)36(21-9-19-35-32(38)17-13-26-11-15-28(41-3)30(23-26)43-5)20-8-7-18-34-31(37)16-12-25-10-14-27(40-2)29(22-25)42-4/h10-12,14-16,22-24H,7-9,13,17-21H2,1-6H3,(H,34,37)(H,35,38)/b16-12+/t24-/m0/s1. The van der Waals surface area contributed by atoms with Crippen LogP contribution in [0.4, 0.5) is 0 Å². The predicted molar refractivity (Wildman–Crippen MR) is 169 cm³/mol. The van der Waals surface area contributed by atoms with Crippen LogP contribution in [0.5, 0.6) is 23.0 Å². The average molecular weight is 614 g/mol. The molecule has 2 amide bonds. The van der Waals surface area contributed by atoms with Crippen molar-refractivity contribution in [1.29, 1.82) is 0 Å². The van der Waals surface area contributed by atoms with E-state index in [0.29, 0.717) is 68.4 Å². The van der Waals surface area contributed by atoms with Crippen molar-refractivity contribution in [3.63, 3.8) is 0 Å². The monoisotopic (exact) mass is 613 g/mol. The lowest BCUT2D eigenvalue weighted by molar-refractivity contribution is -0.146. The summed E-state index contributed by atoms with van der Waals surface area (Å²) in [4.78, 5) is 38.9. The first-order valence-electron chi connectivity index (χ1n) is 14.7. The van der Waals surface area contributed by atoms with Gasteiger partial charge in [-0.2, -0.15) is 0 Å². The molecule has 242 valence electrons. The van der Waals surface area contributed by atoms with Gasteiger partial charge in [0, 0.05) is 32.1 Å². The minimum Gasteiger partial charge on any atom is -0.493 e. The number of aryl methyl sites for hydroxylation is 1. The number of carbonyl (C=O) groups is 3. The number of hydrogen-bond donors (Lipinski definition) is 2. The summed E-state index contributed by atoms with van der Waals surface area (Å²) in [6.45, 7) is 4.09. The van der Waals surface area contributed by atoms with E-state index < -0.39 is 6.04 Å². The lowest BCUT2D eigenvalue weighted by Gasteiger charge is -2.27. The molecule has 0 aliphatic heterocycles. The first-order chi connectivity index (χ1) is 21.3. The number of hydrogen-bond acceptors (Lipinski definition) is 9. The number of ether oxygens (including phenoxy) is 5. The third kappa shape index (κ3) is 12.2. The zero-order valence-electron chi connectivity index (χ0n) is 26.8. The molecular weight excluding hydrogens is 566 g/mol. The highest BCUT2D eigenvalue weighted by molar-refractivity contribution is 5.91. The molecule has 0 radical (unpaired) electrons. The Morgan fingerprint density at radius 3 is 2.05 bits per heavy atom. The Labute approximate surface area is 260 Å². The lowest BCUT2D eigenvalue weighted by Crippen LogP contribution is -2.42. The van der Waals surface area contributed by atoms with Crippen LogP contribution in [0.1, 0.15) is 43.7 Å². The van der Waals surface area contributed by atoms with Crippen LogP contribution < -0.4 is 29.6 Å². The number of unbranched alkanes of at least 4 members (excludes halogenated alkanes) is 1. The Hall–Kier alpha value is -4.25. The van der Waals surface area contributed by atoms with Crippen LogP contribution in [-0.4, -0.2) is 90.5 Å². The number of esters is 1. The maximum absolute atomic E-state index is 12.4. The van der Waals surface area contributed by atoms with Crippen molar-refractivity contribution in [2.45, 2.75) is 45.1 Å². The summed E-state index contributed by atoms with van der Waals surface area (Å²) in [6, 6.07) is 10.6. The van der Waals surface area contributed by atoms with Crippen LogP contribution in [0.2, 0.25) is 0 Å². The molecule has 0 fully saturated rings. The highest BCUT2D eigenvalue weighted by Gasteiger charge is 2.21. The van der Waals surface area contributed by atoms with Gasteiger partial charge in [-0.15, -0.1) is 0 Å². The van der Waals surface area contributed by atoms with Gasteiger partial charge >= 0.3 is 5.97 Å². The third-order valence-corrected chi connectivity index (χ3v) is 7.13. The lowest BCUT2D eigenvalue weighted by atomic mass is 10.1. The Balaban J connectivity index is 1.73. The quantitative estimate of drug-likeness (QED) is 0.131. The normalized spacial score (nSPS) is 11.6. The molecule has 0 aliphatic carbocycles. The van der Waals surface area contributed by atoms with Crippen LogP contribution in [-0.2, 0) is 25.5 Å². The van der Waals surface area contributed by atoms with E-state index in [1.54, 1.807) is 46.6 Å². The highest BCUT2D eigenvalue weighted by Crippen LogP contribution is 2.28. The van der Waals surface area contributed by atoms with Gasteiger partial charge in [0.1, 0.15) is 6.04 Å². The zero-order valence-corrected chi connectivity index (χ0v) is 26.8. The van der Waals surface area contributed by atoms with E-state index in [1.807, 2.05) is 36.1 Å². The van der Waals surface area contributed by atoms with Crippen LogP contribution in [0.25, 0.3) is 6.08 Å². The Bertz CT molecular complexity index is 1230. The summed E-state index contributed by atoms with van der Waals surface area (Å²) in [6.07, 6.45) is 6.33. The Morgan fingerprint density at radius 1 is 0.773 bits per heavy atom. The molecule has 0 saturated carbocycles. The molecule has 11 heteroatoms. The maximum Gasteiger partial charge on any atom is 0.322 e. The molecule has 2 aromatic carbocycles. The summed E-state index contributed by atoms with van der Waals surface area (Å²) >= 11 is 0. The van der Waals surface area contributed by atoms with Gasteiger partial charge in [-0.1, -0.05) is 12.1 Å². The molecule has 2 N–H and O–H groups in total. The molecule has 1 atom stereocenters. The van der Waals surface area contributed by atoms with E-state index in [0.717, 1.165) is 24.0 Å². The van der Waals surface area contributed by atoms with Gasteiger partial charge in [0.05, 0.1) is 35.5 Å². The summed E-state index contributed by atoms with van der Waals surface area (Å²) in [5.41, 5.74) is 1.81. The maximum atomic E-state index is 12.4. The third-order valence-electron chi connectivity index (χ3n) is 7.13. The van der Waals surface area contributed by atoms with Gasteiger partial charge in [0.2, 0.25) is 11.8 Å². The molecule has 11 nitrogen and oxygen atoms in total. The number of methoxy groups -OCH3 is 5. The minimum atomic E-state index is -0.417. The van der Waals surface area contributed by atoms with E-state index in [4.69, 9.17) is 23.7 Å². The van der Waals surface area contributed by atoms with Gasteiger partial charge < -0.3 is 34.3 Å². The highest BCUT2D eigenvalue weighted by atomic mass is 16.5. The molecule has 0 unspecified atom stereocenters. The summed E-state index contributed by atoms with van der Waals surface area (Å²) in [7, 11) is 7.68. The number of nitrogens with one attached hydrogen (secondary N) is 2. The molecule has 0 bridgehead atoms. The van der Waals surface area contributed by atoms with Gasteiger partial charge in [-0.05, 0) is 80.6 Å². The predicted octanol–water partition coefficient (Wildman–Crippen LogP) is 3.63. The molecular formula is C33H47N3O8. The van der Waals surface area contributed by atoms with Crippen molar-refractivity contribution >= 4 is 23.9 Å². The van der Waals surface area contributed by atoms with E-state index >= 15 is 0 Å². The number of nitrogens with zero attached hydrogens (tertiary/aromatic N) is 1. The molecule has 0 spiro atoms. The van der Waals surface area contributed by atoms with Crippen molar-refractivity contribution in [1.82, 2.24) is 15.5 Å². The Morgan fingerprint density at radius 2 is 1.39 bits per heavy atom. The van der Waals surface area contributed by atoms with Crippen molar-refractivity contribution in [3.8, 4) is 23.0 Å². The summed E-state index contributed by atoms with van der Waals surface area (Å²) in [5, 5.41) is 5.85. The molecule has 2 aromatic rings. The zero-order chi connectivity index (χ0) is 32.3. The van der Waals surface area contributed by atoms with Gasteiger partial charge in [0.25, 0.3) is 0 Å². The van der Waals surface area contributed by atoms with Crippen LogP contribution in [0.15, 0.2) is 42.5 Å². The van der Waals surface area contributed by atoms with Crippen LogP contribution in [0, 0.1) is 0 Å². The topological polar surface area (TPSA) is 125 Å². The van der Waals surface area contributed by atoms with E-state index in [9.17, 15) is 14.4 Å². The second-order valence-electron chi connectivity index (χ2n) is 10.1. The van der Waals surface area contributed by atoms with E-state index in [1.165, 1.54) is 13.2 Å². The van der Waals surface area contributed by atoms with Gasteiger partial charge in [0.15, 0.2) is 23.0 Å². The molecule has 0 aromatic heterocycles. The number of amides is 2. The van der Waals surface area contributed by atoms with Crippen LogP contribution in [0.3, 0.4) is 0 Å². The smallest absolute Gasteiger partial charge is 0.322 e. The first kappa shape index (κ1) is 35.9.